The number of hydrogen-bond acceptors (Lipinski definition) is 5. The van der Waals surface area contributed by atoms with Crippen LogP contribution >= 0.6 is 0 Å². The summed E-state index contributed by atoms with van der Waals surface area (Å²) in [4.78, 5) is 47.5. The quantitative estimate of drug-likeness (QED) is 0.596. The lowest BCUT2D eigenvalue weighted by atomic mass is 9.98. The number of esters is 1. The van der Waals surface area contributed by atoms with Crippen LogP contribution in [0.2, 0.25) is 0 Å². The van der Waals surface area contributed by atoms with Crippen molar-refractivity contribution >= 4 is 23.7 Å². The summed E-state index contributed by atoms with van der Waals surface area (Å²) in [5.74, 6) is -2.26. The Morgan fingerprint density at radius 3 is 2.71 bits per heavy atom. The van der Waals surface area contributed by atoms with Crippen molar-refractivity contribution in [2.24, 2.45) is 0 Å². The van der Waals surface area contributed by atoms with Gasteiger partial charge in [-0.25, -0.2) is 0 Å². The van der Waals surface area contributed by atoms with Gasteiger partial charge in [-0.3, -0.25) is 24.1 Å². The molecule has 1 aromatic carbocycles. The summed E-state index contributed by atoms with van der Waals surface area (Å²) in [6, 6.07) is 6.74. The summed E-state index contributed by atoms with van der Waals surface area (Å²) in [5, 5.41) is 2.29. The van der Waals surface area contributed by atoms with E-state index in [9.17, 15) is 19.2 Å². The number of nitrogens with zero attached hydrogens (tertiary/aromatic N) is 1. The summed E-state index contributed by atoms with van der Waals surface area (Å²) in [6.07, 6.45) is 0.0602. The molecule has 2 rings (SSSR count). The first-order valence-corrected chi connectivity index (χ1v) is 6.31. The zero-order chi connectivity index (χ0) is 15.4. The van der Waals surface area contributed by atoms with E-state index in [-0.39, 0.29) is 6.42 Å². The molecule has 110 valence electrons. The van der Waals surface area contributed by atoms with Gasteiger partial charge in [-0.1, -0.05) is 18.2 Å². The summed E-state index contributed by atoms with van der Waals surface area (Å²) in [5.41, 5.74) is 1.04. The highest BCUT2D eigenvalue weighted by Gasteiger charge is 2.32. The van der Waals surface area contributed by atoms with Gasteiger partial charge in [0.2, 0.25) is 5.91 Å². The lowest BCUT2D eigenvalue weighted by molar-refractivity contribution is -0.151. The molecule has 0 unspecified atom stereocenters. The maximum Gasteiger partial charge on any atom is 0.326 e. The Labute approximate surface area is 120 Å². The molecular weight excluding hydrogens is 276 g/mol. The van der Waals surface area contributed by atoms with Crippen LogP contribution in [-0.2, 0) is 25.5 Å². The second-order valence-corrected chi connectivity index (χ2v) is 4.45. The SMILES string of the molecule is CNC(=O)COC(=O)CN1C(=O)Cc2ccccc2C1=O. The minimum Gasteiger partial charge on any atom is -0.454 e. The van der Waals surface area contributed by atoms with E-state index < -0.39 is 36.8 Å². The van der Waals surface area contributed by atoms with E-state index in [0.29, 0.717) is 11.1 Å². The van der Waals surface area contributed by atoms with Crippen molar-refractivity contribution in [3.05, 3.63) is 35.4 Å². The largest absolute Gasteiger partial charge is 0.454 e. The van der Waals surface area contributed by atoms with E-state index in [1.54, 1.807) is 24.3 Å². The zero-order valence-electron chi connectivity index (χ0n) is 11.4. The number of likely N-dealkylation sites (N-methyl/N-ethyl adjacent to an activating group) is 1. The van der Waals surface area contributed by atoms with Crippen molar-refractivity contribution in [3.63, 3.8) is 0 Å². The Balaban J connectivity index is 2.04. The normalized spacial score (nSPS) is 13.7. The Morgan fingerprint density at radius 2 is 2.00 bits per heavy atom. The molecule has 1 N–H and O–H groups in total. The average molecular weight is 290 g/mol. The minimum absolute atomic E-state index is 0.0602. The third kappa shape index (κ3) is 3.25. The van der Waals surface area contributed by atoms with E-state index >= 15 is 0 Å². The Morgan fingerprint density at radius 1 is 1.29 bits per heavy atom. The fourth-order valence-electron chi connectivity index (χ4n) is 1.95. The van der Waals surface area contributed by atoms with Crippen molar-refractivity contribution in [1.29, 1.82) is 0 Å². The fourth-order valence-corrected chi connectivity index (χ4v) is 1.95. The molecule has 7 heteroatoms. The third-order valence-corrected chi connectivity index (χ3v) is 3.07. The van der Waals surface area contributed by atoms with Crippen LogP contribution in [0, 0.1) is 0 Å². The molecule has 1 aliphatic rings. The lowest BCUT2D eigenvalue weighted by Crippen LogP contribution is -2.45. The number of rotatable bonds is 4. The molecule has 0 saturated heterocycles. The maximum absolute atomic E-state index is 12.2. The Kier molecular flexibility index (Phi) is 4.32. The molecule has 1 aromatic rings. The number of fused-ring (bicyclic) bond motifs is 1. The number of imide groups is 1. The second kappa shape index (κ2) is 6.17. The molecule has 1 aliphatic heterocycles. The van der Waals surface area contributed by atoms with Crippen LogP contribution in [0.4, 0.5) is 0 Å². The Bertz CT molecular complexity index is 611. The number of amides is 3. The number of ether oxygens (including phenoxy) is 1. The van der Waals surface area contributed by atoms with Crippen molar-refractivity contribution in [2.45, 2.75) is 6.42 Å². The van der Waals surface area contributed by atoms with E-state index in [0.717, 1.165) is 4.90 Å². The topological polar surface area (TPSA) is 92.8 Å². The van der Waals surface area contributed by atoms with Crippen LogP contribution in [0.1, 0.15) is 15.9 Å². The number of carbonyl (C=O) groups excluding carboxylic acids is 4. The fraction of sp³-hybridized carbons (Fsp3) is 0.286. The van der Waals surface area contributed by atoms with Gasteiger partial charge in [0, 0.05) is 12.6 Å². The molecule has 0 saturated carbocycles. The number of nitrogens with one attached hydrogen (secondary N) is 1. The van der Waals surface area contributed by atoms with Gasteiger partial charge < -0.3 is 10.1 Å². The number of hydrogen-bond donors (Lipinski definition) is 1. The van der Waals surface area contributed by atoms with Crippen molar-refractivity contribution in [1.82, 2.24) is 10.2 Å². The van der Waals surface area contributed by atoms with Gasteiger partial charge in [-0.05, 0) is 11.6 Å². The van der Waals surface area contributed by atoms with E-state index in [2.05, 4.69) is 10.1 Å². The van der Waals surface area contributed by atoms with Gasteiger partial charge >= 0.3 is 5.97 Å². The second-order valence-electron chi connectivity index (χ2n) is 4.45. The van der Waals surface area contributed by atoms with E-state index in [1.807, 2.05) is 0 Å². The first-order chi connectivity index (χ1) is 10.0. The molecule has 0 aliphatic carbocycles. The van der Waals surface area contributed by atoms with Gasteiger partial charge in [-0.15, -0.1) is 0 Å². The van der Waals surface area contributed by atoms with Crippen LogP contribution in [0.15, 0.2) is 24.3 Å². The molecule has 0 atom stereocenters. The molecule has 0 aromatic heterocycles. The number of benzene rings is 1. The zero-order valence-corrected chi connectivity index (χ0v) is 11.4. The van der Waals surface area contributed by atoms with Crippen LogP contribution in [0.25, 0.3) is 0 Å². The summed E-state index contributed by atoms with van der Waals surface area (Å²) in [7, 11) is 1.41. The van der Waals surface area contributed by atoms with Crippen molar-refractivity contribution in [3.8, 4) is 0 Å². The number of carbonyl (C=O) groups is 4. The van der Waals surface area contributed by atoms with Crippen LogP contribution in [0.3, 0.4) is 0 Å². The highest BCUT2D eigenvalue weighted by Crippen LogP contribution is 2.19. The molecule has 1 heterocycles. The molecule has 0 fully saturated rings. The molecule has 0 bridgehead atoms. The van der Waals surface area contributed by atoms with E-state index in [4.69, 9.17) is 0 Å². The van der Waals surface area contributed by atoms with Gasteiger partial charge in [0.05, 0.1) is 6.42 Å². The molecule has 0 spiro atoms. The maximum atomic E-state index is 12.2. The molecular formula is C14H14N2O5. The smallest absolute Gasteiger partial charge is 0.326 e. The minimum atomic E-state index is -0.806. The van der Waals surface area contributed by atoms with E-state index in [1.165, 1.54) is 7.05 Å². The Hall–Kier alpha value is -2.70. The monoisotopic (exact) mass is 290 g/mol. The van der Waals surface area contributed by atoms with Gasteiger partial charge in [-0.2, -0.15) is 0 Å². The van der Waals surface area contributed by atoms with Crippen LogP contribution in [0.5, 0.6) is 0 Å². The molecule has 7 nitrogen and oxygen atoms in total. The average Bonchev–Trinajstić information content (AvgIpc) is 2.49. The first kappa shape index (κ1) is 14.7. The molecule has 3 amide bonds. The lowest BCUT2D eigenvalue weighted by Gasteiger charge is -2.25. The van der Waals surface area contributed by atoms with Crippen LogP contribution in [-0.4, -0.2) is 48.8 Å². The highest BCUT2D eigenvalue weighted by molar-refractivity contribution is 6.11. The highest BCUT2D eigenvalue weighted by atomic mass is 16.5. The standard InChI is InChI=1S/C14H14N2O5/c1-15-11(17)8-21-13(19)7-16-12(18)6-9-4-2-3-5-10(9)14(16)20/h2-5H,6-8H2,1H3,(H,15,17). The van der Waals surface area contributed by atoms with Gasteiger partial charge in [0.1, 0.15) is 6.54 Å². The first-order valence-electron chi connectivity index (χ1n) is 6.31. The third-order valence-electron chi connectivity index (χ3n) is 3.07. The summed E-state index contributed by atoms with van der Waals surface area (Å²) < 4.78 is 4.68. The van der Waals surface area contributed by atoms with Gasteiger partial charge in [0.15, 0.2) is 6.61 Å². The van der Waals surface area contributed by atoms with Gasteiger partial charge in [0.25, 0.3) is 11.8 Å². The predicted molar refractivity (Wildman–Crippen MR) is 71.2 cm³/mol. The van der Waals surface area contributed by atoms with Crippen LogP contribution < -0.4 is 5.32 Å². The van der Waals surface area contributed by atoms with Crippen molar-refractivity contribution < 1.29 is 23.9 Å². The summed E-state index contributed by atoms with van der Waals surface area (Å²) >= 11 is 0. The van der Waals surface area contributed by atoms with Crippen molar-refractivity contribution in [2.75, 3.05) is 20.2 Å². The molecule has 0 radical (unpaired) electrons. The predicted octanol–water partition coefficient (Wildman–Crippen LogP) is -0.499. The molecule has 21 heavy (non-hydrogen) atoms. The summed E-state index contributed by atoms with van der Waals surface area (Å²) in [6.45, 7) is -0.939.